The van der Waals surface area contributed by atoms with E-state index in [1.54, 1.807) is 18.3 Å². The van der Waals surface area contributed by atoms with Crippen molar-refractivity contribution in [3.8, 4) is 0 Å². The van der Waals surface area contributed by atoms with Crippen LogP contribution in [0.5, 0.6) is 0 Å². The highest BCUT2D eigenvalue weighted by atomic mass is 32.2. The van der Waals surface area contributed by atoms with Gasteiger partial charge in [-0.15, -0.1) is 0 Å². The van der Waals surface area contributed by atoms with Gasteiger partial charge in [0.05, 0.1) is 29.3 Å². The number of hydrogen-bond donors (Lipinski definition) is 2. The van der Waals surface area contributed by atoms with Gasteiger partial charge in [0.15, 0.2) is 0 Å². The van der Waals surface area contributed by atoms with E-state index in [-0.39, 0.29) is 11.3 Å². The summed E-state index contributed by atoms with van der Waals surface area (Å²) < 4.78 is 31.5. The van der Waals surface area contributed by atoms with E-state index < -0.39 is 10.0 Å². The Morgan fingerprint density at radius 1 is 1.58 bits per heavy atom. The number of ether oxygens (including phenoxy) is 1. The topological polar surface area (TPSA) is 94.3 Å². The first-order valence-electron chi connectivity index (χ1n) is 6.34. The van der Waals surface area contributed by atoms with Gasteiger partial charge in [-0.3, -0.25) is 9.71 Å². The number of hydrogen-bond acceptors (Lipinski definition) is 5. The lowest BCUT2D eigenvalue weighted by Gasteiger charge is -2.13. The van der Waals surface area contributed by atoms with Gasteiger partial charge < -0.3 is 10.5 Å². The van der Waals surface area contributed by atoms with Crippen molar-refractivity contribution in [3.05, 3.63) is 24.0 Å². The second kappa shape index (κ2) is 5.85. The molecule has 0 bridgehead atoms. The fourth-order valence-electron chi connectivity index (χ4n) is 1.67. The van der Waals surface area contributed by atoms with Crippen molar-refractivity contribution in [1.82, 2.24) is 4.98 Å². The maximum atomic E-state index is 11.8. The smallest absolute Gasteiger partial charge is 0.235 e. The summed E-state index contributed by atoms with van der Waals surface area (Å²) >= 11 is 0. The van der Waals surface area contributed by atoms with Crippen LogP contribution in [0, 0.1) is 0 Å². The molecule has 106 valence electrons. The number of sulfonamides is 1. The fourth-order valence-corrected chi connectivity index (χ4v) is 3.05. The Bertz CT molecular complexity index is 529. The zero-order valence-corrected chi connectivity index (χ0v) is 11.7. The predicted molar refractivity (Wildman–Crippen MR) is 73.2 cm³/mol. The molecular formula is C12H19N3O3S. The summed E-state index contributed by atoms with van der Waals surface area (Å²) in [5, 5.41) is -0.249. The molecule has 0 aromatic carbocycles. The van der Waals surface area contributed by atoms with Crippen molar-refractivity contribution >= 4 is 15.7 Å². The zero-order chi connectivity index (χ0) is 13.9. The van der Waals surface area contributed by atoms with Crippen LogP contribution in [0.25, 0.3) is 0 Å². The van der Waals surface area contributed by atoms with Crippen molar-refractivity contribution in [2.45, 2.75) is 31.1 Å². The number of aromatic nitrogens is 1. The molecule has 1 atom stereocenters. The Morgan fingerprint density at radius 2 is 2.32 bits per heavy atom. The molecule has 1 heterocycles. The Morgan fingerprint density at radius 3 is 2.95 bits per heavy atom. The molecule has 0 aliphatic heterocycles. The second-order valence-corrected chi connectivity index (χ2v) is 6.54. The normalized spacial score (nSPS) is 17.2. The van der Waals surface area contributed by atoms with Crippen LogP contribution in [-0.2, 0) is 14.8 Å². The van der Waals surface area contributed by atoms with E-state index in [9.17, 15) is 8.42 Å². The third kappa shape index (κ3) is 3.89. The molecule has 1 aliphatic carbocycles. The molecule has 0 amide bonds. The van der Waals surface area contributed by atoms with Crippen LogP contribution in [0.3, 0.4) is 0 Å². The van der Waals surface area contributed by atoms with E-state index >= 15 is 0 Å². The summed E-state index contributed by atoms with van der Waals surface area (Å²) in [6, 6.07) is 2.92. The minimum atomic E-state index is -3.25. The Balaban J connectivity index is 2.06. The zero-order valence-electron chi connectivity index (χ0n) is 10.9. The Kier molecular flexibility index (Phi) is 4.38. The highest BCUT2D eigenvalue weighted by molar-refractivity contribution is 7.93. The van der Waals surface area contributed by atoms with Crippen LogP contribution in [-0.4, -0.2) is 31.9 Å². The number of rotatable bonds is 7. The Hall–Kier alpha value is -1.18. The van der Waals surface area contributed by atoms with Crippen LogP contribution in [0.15, 0.2) is 18.3 Å². The predicted octanol–water partition coefficient (Wildman–Crippen LogP) is 1.02. The van der Waals surface area contributed by atoms with E-state index in [0.717, 1.165) is 12.8 Å². The quantitative estimate of drug-likeness (QED) is 0.780. The lowest BCUT2D eigenvalue weighted by Crippen LogP contribution is -2.20. The summed E-state index contributed by atoms with van der Waals surface area (Å²) in [5.74, 6) is 0. The van der Waals surface area contributed by atoms with Crippen molar-refractivity contribution in [2.75, 3.05) is 17.9 Å². The van der Waals surface area contributed by atoms with E-state index in [2.05, 4.69) is 9.71 Å². The minimum absolute atomic E-state index is 0.249. The first kappa shape index (κ1) is 14.2. The molecule has 1 aromatic heterocycles. The summed E-state index contributed by atoms with van der Waals surface area (Å²) in [4.78, 5) is 4.14. The largest absolute Gasteiger partial charge is 0.380 e. The summed E-state index contributed by atoms with van der Waals surface area (Å²) in [6.07, 6.45) is 3.01. The van der Waals surface area contributed by atoms with Gasteiger partial charge in [-0.25, -0.2) is 8.42 Å². The molecule has 1 saturated carbocycles. The van der Waals surface area contributed by atoms with E-state index in [1.807, 2.05) is 6.92 Å². The van der Waals surface area contributed by atoms with Gasteiger partial charge in [0.2, 0.25) is 10.0 Å². The average molecular weight is 285 g/mol. The number of nitrogens with zero attached hydrogens (tertiary/aromatic N) is 1. The minimum Gasteiger partial charge on any atom is -0.380 e. The molecule has 1 fully saturated rings. The van der Waals surface area contributed by atoms with Crippen molar-refractivity contribution < 1.29 is 13.2 Å². The molecular weight excluding hydrogens is 266 g/mol. The number of nitrogens with one attached hydrogen (secondary N) is 1. The molecule has 19 heavy (non-hydrogen) atoms. The van der Waals surface area contributed by atoms with Crippen LogP contribution in [0.1, 0.15) is 31.5 Å². The summed E-state index contributed by atoms with van der Waals surface area (Å²) in [6.45, 7) is 2.84. The van der Waals surface area contributed by atoms with Crippen LogP contribution in [0.2, 0.25) is 0 Å². The van der Waals surface area contributed by atoms with Gasteiger partial charge in [0, 0.05) is 12.8 Å². The highest BCUT2D eigenvalue weighted by Crippen LogP contribution is 2.29. The number of nitrogens with two attached hydrogens (primary N) is 1. The van der Waals surface area contributed by atoms with E-state index in [1.165, 1.54) is 0 Å². The number of anilines is 1. The monoisotopic (exact) mass is 285 g/mol. The molecule has 1 aromatic rings. The molecule has 7 heteroatoms. The van der Waals surface area contributed by atoms with Crippen LogP contribution < -0.4 is 10.5 Å². The van der Waals surface area contributed by atoms with E-state index in [4.69, 9.17) is 10.5 Å². The third-order valence-corrected chi connectivity index (χ3v) is 4.76. The first-order valence-corrected chi connectivity index (χ1v) is 7.88. The summed E-state index contributed by atoms with van der Waals surface area (Å²) in [5.41, 5.74) is 7.04. The van der Waals surface area contributed by atoms with E-state index in [0.29, 0.717) is 24.6 Å². The third-order valence-electron chi connectivity index (χ3n) is 2.89. The summed E-state index contributed by atoms with van der Waals surface area (Å²) in [7, 11) is -3.25. The van der Waals surface area contributed by atoms with Crippen molar-refractivity contribution in [2.24, 2.45) is 5.73 Å². The van der Waals surface area contributed by atoms with Gasteiger partial charge in [0.1, 0.15) is 0 Å². The first-order chi connectivity index (χ1) is 9.03. The molecule has 6 nitrogen and oxygen atoms in total. The maximum absolute atomic E-state index is 11.8. The standard InChI is InChI=1S/C12H19N3O3S/c1-2-18-8-11(13)12-7-9(5-6-14-12)15-19(16,17)10-3-4-10/h5-7,10-11H,2-4,8,13H2,1H3,(H,14,15). The Labute approximate surface area is 113 Å². The molecule has 0 radical (unpaired) electrons. The van der Waals surface area contributed by atoms with Crippen molar-refractivity contribution in [1.29, 1.82) is 0 Å². The lowest BCUT2D eigenvalue weighted by atomic mass is 10.2. The van der Waals surface area contributed by atoms with Crippen molar-refractivity contribution in [3.63, 3.8) is 0 Å². The average Bonchev–Trinajstić information content (AvgIpc) is 3.20. The van der Waals surface area contributed by atoms with Crippen LogP contribution >= 0.6 is 0 Å². The van der Waals surface area contributed by atoms with Gasteiger partial charge in [0.25, 0.3) is 0 Å². The molecule has 3 N–H and O–H groups in total. The van der Waals surface area contributed by atoms with Gasteiger partial charge in [-0.1, -0.05) is 0 Å². The fraction of sp³-hybridized carbons (Fsp3) is 0.583. The van der Waals surface area contributed by atoms with Crippen LogP contribution in [0.4, 0.5) is 5.69 Å². The molecule has 1 unspecified atom stereocenters. The SMILES string of the molecule is CCOCC(N)c1cc(NS(=O)(=O)C2CC2)ccn1. The maximum Gasteiger partial charge on any atom is 0.235 e. The molecule has 0 saturated heterocycles. The van der Waals surface area contributed by atoms with Gasteiger partial charge in [-0.05, 0) is 31.9 Å². The van der Waals surface area contributed by atoms with Gasteiger partial charge >= 0.3 is 0 Å². The molecule has 2 rings (SSSR count). The lowest BCUT2D eigenvalue weighted by molar-refractivity contribution is 0.132. The second-order valence-electron chi connectivity index (χ2n) is 4.58. The molecule has 1 aliphatic rings. The highest BCUT2D eigenvalue weighted by Gasteiger charge is 2.35. The number of pyridine rings is 1. The molecule has 0 spiro atoms. The van der Waals surface area contributed by atoms with Gasteiger partial charge in [-0.2, -0.15) is 0 Å².